The van der Waals surface area contributed by atoms with Gasteiger partial charge in [-0.05, 0) is 26.2 Å². The van der Waals surface area contributed by atoms with Gasteiger partial charge in [0.25, 0.3) is 0 Å². The monoisotopic (exact) mass is 142 g/mol. The molecule has 0 spiro atoms. The largest absolute Gasteiger partial charge is 0.393 e. The van der Waals surface area contributed by atoms with Crippen LogP contribution in [0.5, 0.6) is 0 Å². The molecule has 0 heterocycles. The van der Waals surface area contributed by atoms with Crippen LogP contribution in [0.4, 0.5) is 0 Å². The van der Waals surface area contributed by atoms with Crippen molar-refractivity contribution >= 4 is 0 Å². The number of unbranched alkanes of at least 4 members (excludes halogenated alkanes) is 3. The summed E-state index contributed by atoms with van der Waals surface area (Å²) in [6, 6.07) is 0. The third-order valence-corrected chi connectivity index (χ3v) is 1.53. The normalized spacial score (nSPS) is 13.0. The molecule has 1 nitrogen and oxygen atoms in total. The quantitative estimate of drug-likeness (QED) is 0.446. The summed E-state index contributed by atoms with van der Waals surface area (Å²) in [6.45, 7) is 5.48. The SMILES string of the molecule is C=CCCCCC[C@H](C)O. The van der Waals surface area contributed by atoms with Gasteiger partial charge in [-0.2, -0.15) is 0 Å². The van der Waals surface area contributed by atoms with Gasteiger partial charge in [-0.1, -0.05) is 18.9 Å². The first kappa shape index (κ1) is 9.70. The Labute approximate surface area is 63.8 Å². The average molecular weight is 142 g/mol. The molecule has 0 aromatic carbocycles. The van der Waals surface area contributed by atoms with Crippen molar-refractivity contribution in [2.45, 2.75) is 45.1 Å². The summed E-state index contributed by atoms with van der Waals surface area (Å²) >= 11 is 0. The van der Waals surface area contributed by atoms with E-state index in [4.69, 9.17) is 5.11 Å². The molecule has 1 atom stereocenters. The second kappa shape index (κ2) is 6.81. The van der Waals surface area contributed by atoms with Crippen molar-refractivity contribution < 1.29 is 5.11 Å². The van der Waals surface area contributed by atoms with Crippen LogP contribution < -0.4 is 0 Å². The van der Waals surface area contributed by atoms with E-state index in [0.717, 1.165) is 19.3 Å². The molecule has 0 aromatic rings. The maximum Gasteiger partial charge on any atom is 0.0512 e. The van der Waals surface area contributed by atoms with E-state index in [1.165, 1.54) is 12.8 Å². The Morgan fingerprint density at radius 2 is 2.10 bits per heavy atom. The average Bonchev–Trinajstić information content (AvgIpc) is 1.87. The predicted octanol–water partition coefficient (Wildman–Crippen LogP) is 2.50. The lowest BCUT2D eigenvalue weighted by atomic mass is 10.1. The number of hydrogen-bond acceptors (Lipinski definition) is 1. The van der Waals surface area contributed by atoms with Crippen LogP contribution in [0.3, 0.4) is 0 Å². The third-order valence-electron chi connectivity index (χ3n) is 1.53. The van der Waals surface area contributed by atoms with Crippen LogP contribution in [0.2, 0.25) is 0 Å². The van der Waals surface area contributed by atoms with Gasteiger partial charge in [0.05, 0.1) is 6.10 Å². The van der Waals surface area contributed by atoms with Gasteiger partial charge in [-0.25, -0.2) is 0 Å². The van der Waals surface area contributed by atoms with Gasteiger partial charge in [0, 0.05) is 0 Å². The lowest BCUT2D eigenvalue weighted by molar-refractivity contribution is 0.180. The van der Waals surface area contributed by atoms with Gasteiger partial charge in [-0.15, -0.1) is 6.58 Å². The minimum atomic E-state index is -0.122. The number of hydrogen-bond donors (Lipinski definition) is 1. The maximum atomic E-state index is 8.89. The smallest absolute Gasteiger partial charge is 0.0512 e. The molecule has 0 saturated heterocycles. The van der Waals surface area contributed by atoms with E-state index in [1.807, 2.05) is 13.0 Å². The molecule has 0 aromatic heterocycles. The van der Waals surface area contributed by atoms with E-state index in [2.05, 4.69) is 6.58 Å². The molecule has 0 saturated carbocycles. The Kier molecular flexibility index (Phi) is 6.61. The van der Waals surface area contributed by atoms with Crippen molar-refractivity contribution in [2.75, 3.05) is 0 Å². The molecule has 1 heteroatoms. The van der Waals surface area contributed by atoms with Gasteiger partial charge in [0.2, 0.25) is 0 Å². The van der Waals surface area contributed by atoms with Gasteiger partial charge >= 0.3 is 0 Å². The summed E-state index contributed by atoms with van der Waals surface area (Å²) in [5.74, 6) is 0. The topological polar surface area (TPSA) is 20.2 Å². The summed E-state index contributed by atoms with van der Waals surface area (Å²) in [6.07, 6.45) is 7.46. The molecular formula is C9H18O. The lowest BCUT2D eigenvalue weighted by Crippen LogP contribution is -1.97. The molecule has 0 amide bonds. The molecule has 60 valence electrons. The Balaban J connectivity index is 2.83. The van der Waals surface area contributed by atoms with E-state index in [0.29, 0.717) is 0 Å². The Morgan fingerprint density at radius 3 is 2.60 bits per heavy atom. The number of rotatable bonds is 6. The molecular weight excluding hydrogens is 124 g/mol. The molecule has 10 heavy (non-hydrogen) atoms. The highest BCUT2D eigenvalue weighted by Crippen LogP contribution is 2.05. The molecule has 0 aliphatic heterocycles. The maximum absolute atomic E-state index is 8.89. The van der Waals surface area contributed by atoms with Gasteiger partial charge in [-0.3, -0.25) is 0 Å². The van der Waals surface area contributed by atoms with E-state index in [-0.39, 0.29) is 6.10 Å². The fraction of sp³-hybridized carbons (Fsp3) is 0.778. The van der Waals surface area contributed by atoms with Gasteiger partial charge in [0.1, 0.15) is 0 Å². The number of aliphatic hydroxyl groups excluding tert-OH is 1. The lowest BCUT2D eigenvalue weighted by Gasteiger charge is -2.01. The van der Waals surface area contributed by atoms with Crippen molar-refractivity contribution in [1.29, 1.82) is 0 Å². The van der Waals surface area contributed by atoms with E-state index in [1.54, 1.807) is 0 Å². The molecule has 0 aliphatic carbocycles. The molecule has 0 unspecified atom stereocenters. The minimum absolute atomic E-state index is 0.122. The van der Waals surface area contributed by atoms with Crippen LogP contribution in [-0.2, 0) is 0 Å². The standard InChI is InChI=1S/C9H18O/c1-3-4-5-6-7-8-9(2)10/h3,9-10H,1,4-8H2,2H3/t9-/m0/s1. The van der Waals surface area contributed by atoms with Crippen molar-refractivity contribution in [1.82, 2.24) is 0 Å². The summed E-state index contributed by atoms with van der Waals surface area (Å²) in [4.78, 5) is 0. The fourth-order valence-corrected chi connectivity index (χ4v) is 0.905. The molecule has 1 N–H and O–H groups in total. The first-order valence-electron chi connectivity index (χ1n) is 4.06. The molecule has 0 aliphatic rings. The van der Waals surface area contributed by atoms with Crippen molar-refractivity contribution in [3.05, 3.63) is 12.7 Å². The summed E-state index contributed by atoms with van der Waals surface area (Å²) < 4.78 is 0. The third kappa shape index (κ3) is 7.70. The first-order valence-corrected chi connectivity index (χ1v) is 4.06. The van der Waals surface area contributed by atoms with E-state index >= 15 is 0 Å². The number of allylic oxidation sites excluding steroid dienone is 1. The van der Waals surface area contributed by atoms with Crippen LogP contribution in [0, 0.1) is 0 Å². The summed E-state index contributed by atoms with van der Waals surface area (Å²) in [7, 11) is 0. The fourth-order valence-electron chi connectivity index (χ4n) is 0.905. The van der Waals surface area contributed by atoms with E-state index in [9.17, 15) is 0 Å². The Morgan fingerprint density at radius 1 is 1.40 bits per heavy atom. The summed E-state index contributed by atoms with van der Waals surface area (Å²) in [5, 5.41) is 8.89. The second-order valence-corrected chi connectivity index (χ2v) is 2.78. The van der Waals surface area contributed by atoms with Crippen LogP contribution in [-0.4, -0.2) is 11.2 Å². The molecule has 0 rings (SSSR count). The first-order chi connectivity index (χ1) is 4.77. The van der Waals surface area contributed by atoms with Crippen LogP contribution in [0.25, 0.3) is 0 Å². The minimum Gasteiger partial charge on any atom is -0.393 e. The number of aliphatic hydroxyl groups is 1. The predicted molar refractivity (Wildman–Crippen MR) is 45.0 cm³/mol. The second-order valence-electron chi connectivity index (χ2n) is 2.78. The highest BCUT2D eigenvalue weighted by atomic mass is 16.3. The van der Waals surface area contributed by atoms with E-state index < -0.39 is 0 Å². The Hall–Kier alpha value is -0.300. The summed E-state index contributed by atoms with van der Waals surface area (Å²) in [5.41, 5.74) is 0. The van der Waals surface area contributed by atoms with Crippen molar-refractivity contribution in [3.63, 3.8) is 0 Å². The Bertz CT molecular complexity index is 76.8. The zero-order valence-corrected chi connectivity index (χ0v) is 6.84. The zero-order chi connectivity index (χ0) is 7.82. The molecule has 0 bridgehead atoms. The van der Waals surface area contributed by atoms with Crippen molar-refractivity contribution in [3.8, 4) is 0 Å². The van der Waals surface area contributed by atoms with Gasteiger partial charge < -0.3 is 5.11 Å². The zero-order valence-electron chi connectivity index (χ0n) is 6.84. The molecule has 0 radical (unpaired) electrons. The molecule has 0 fully saturated rings. The highest BCUT2D eigenvalue weighted by Gasteiger charge is 1.93. The van der Waals surface area contributed by atoms with Gasteiger partial charge in [0.15, 0.2) is 0 Å². The van der Waals surface area contributed by atoms with Crippen LogP contribution >= 0.6 is 0 Å². The van der Waals surface area contributed by atoms with Crippen molar-refractivity contribution in [2.24, 2.45) is 0 Å². The highest BCUT2D eigenvalue weighted by molar-refractivity contribution is 4.65. The van der Waals surface area contributed by atoms with Crippen LogP contribution in [0.15, 0.2) is 12.7 Å². The van der Waals surface area contributed by atoms with Crippen LogP contribution in [0.1, 0.15) is 39.0 Å².